The van der Waals surface area contributed by atoms with Gasteiger partial charge in [0.05, 0.1) is 5.92 Å². The highest BCUT2D eigenvalue weighted by molar-refractivity contribution is 6.02. The molecule has 1 rings (SSSR count). The van der Waals surface area contributed by atoms with E-state index in [-0.39, 0.29) is 11.7 Å². The molecule has 1 atom stereocenters. The zero-order chi connectivity index (χ0) is 14.6. The highest BCUT2D eigenvalue weighted by atomic mass is 16.4. The highest BCUT2D eigenvalue weighted by Gasteiger charge is 2.33. The molecular formula is C14H27N3O2. The predicted molar refractivity (Wildman–Crippen MR) is 75.9 cm³/mol. The van der Waals surface area contributed by atoms with Crippen LogP contribution >= 0.6 is 0 Å². The summed E-state index contributed by atoms with van der Waals surface area (Å²) in [5, 5.41) is 11.7. The SMILES string of the molecule is CCC(C(=O)N1CCC(C(C)(C)C)CC1)C(N)=NO. The molecule has 0 saturated carbocycles. The van der Waals surface area contributed by atoms with E-state index in [1.807, 2.05) is 11.8 Å². The topological polar surface area (TPSA) is 78.9 Å². The number of carbonyl (C=O) groups is 1. The molecule has 5 heteroatoms. The van der Waals surface area contributed by atoms with Gasteiger partial charge in [0.15, 0.2) is 5.84 Å². The third kappa shape index (κ3) is 3.85. The van der Waals surface area contributed by atoms with Crippen LogP contribution in [0.1, 0.15) is 47.0 Å². The van der Waals surface area contributed by atoms with Crippen molar-refractivity contribution in [3.63, 3.8) is 0 Å². The average molecular weight is 269 g/mol. The highest BCUT2D eigenvalue weighted by Crippen LogP contribution is 2.34. The molecule has 5 nitrogen and oxygen atoms in total. The van der Waals surface area contributed by atoms with Gasteiger partial charge in [-0.05, 0) is 30.6 Å². The van der Waals surface area contributed by atoms with Crippen molar-refractivity contribution in [1.82, 2.24) is 4.90 Å². The molecule has 1 heterocycles. The van der Waals surface area contributed by atoms with Crippen molar-refractivity contribution in [2.75, 3.05) is 13.1 Å². The molecule has 0 radical (unpaired) electrons. The van der Waals surface area contributed by atoms with Crippen LogP contribution in [0.5, 0.6) is 0 Å². The number of amides is 1. The first kappa shape index (κ1) is 15.8. The number of carbonyl (C=O) groups excluding carboxylic acids is 1. The smallest absolute Gasteiger partial charge is 0.233 e. The molecule has 0 spiro atoms. The second-order valence-electron chi connectivity index (χ2n) is 6.45. The summed E-state index contributed by atoms with van der Waals surface area (Å²) in [5.41, 5.74) is 5.88. The van der Waals surface area contributed by atoms with Crippen LogP contribution in [-0.2, 0) is 4.79 Å². The lowest BCUT2D eigenvalue weighted by molar-refractivity contribution is -0.135. The minimum atomic E-state index is -0.490. The first-order valence-electron chi connectivity index (χ1n) is 7.07. The fraction of sp³-hybridized carbons (Fsp3) is 0.857. The first-order valence-corrected chi connectivity index (χ1v) is 7.07. The largest absolute Gasteiger partial charge is 0.409 e. The van der Waals surface area contributed by atoms with Crippen LogP contribution in [0.15, 0.2) is 5.16 Å². The Balaban J connectivity index is 2.62. The van der Waals surface area contributed by atoms with Crippen LogP contribution in [0.2, 0.25) is 0 Å². The molecule has 1 amide bonds. The van der Waals surface area contributed by atoms with Gasteiger partial charge in [-0.25, -0.2) is 0 Å². The quantitative estimate of drug-likeness (QED) is 0.356. The van der Waals surface area contributed by atoms with Crippen LogP contribution in [0.25, 0.3) is 0 Å². The summed E-state index contributed by atoms with van der Waals surface area (Å²) in [6, 6.07) is 0. The van der Waals surface area contributed by atoms with Gasteiger partial charge in [-0.3, -0.25) is 4.79 Å². The van der Waals surface area contributed by atoms with E-state index < -0.39 is 5.92 Å². The lowest BCUT2D eigenvalue weighted by Crippen LogP contribution is -2.46. The third-order valence-corrected chi connectivity index (χ3v) is 4.21. The van der Waals surface area contributed by atoms with Crippen LogP contribution in [0, 0.1) is 17.3 Å². The summed E-state index contributed by atoms with van der Waals surface area (Å²) in [7, 11) is 0. The van der Waals surface area contributed by atoms with E-state index >= 15 is 0 Å². The molecule has 1 fully saturated rings. The van der Waals surface area contributed by atoms with Crippen molar-refractivity contribution in [1.29, 1.82) is 0 Å². The lowest BCUT2D eigenvalue weighted by atomic mass is 9.75. The van der Waals surface area contributed by atoms with Crippen molar-refractivity contribution in [2.24, 2.45) is 28.1 Å². The van der Waals surface area contributed by atoms with E-state index in [0.717, 1.165) is 25.9 Å². The number of likely N-dealkylation sites (tertiary alicyclic amines) is 1. The van der Waals surface area contributed by atoms with Crippen molar-refractivity contribution < 1.29 is 10.0 Å². The predicted octanol–water partition coefficient (Wildman–Crippen LogP) is 2.04. The van der Waals surface area contributed by atoms with Crippen LogP contribution in [0.3, 0.4) is 0 Å². The van der Waals surface area contributed by atoms with Crippen molar-refractivity contribution in [3.05, 3.63) is 0 Å². The fourth-order valence-electron chi connectivity index (χ4n) is 2.77. The van der Waals surface area contributed by atoms with Crippen molar-refractivity contribution >= 4 is 11.7 Å². The van der Waals surface area contributed by atoms with E-state index in [9.17, 15) is 4.79 Å². The molecule has 0 bridgehead atoms. The number of piperidine rings is 1. The van der Waals surface area contributed by atoms with Crippen molar-refractivity contribution in [2.45, 2.75) is 47.0 Å². The number of nitrogens with two attached hydrogens (primary N) is 1. The maximum atomic E-state index is 12.3. The molecule has 0 aliphatic carbocycles. The number of rotatable bonds is 3. The van der Waals surface area contributed by atoms with Crippen LogP contribution < -0.4 is 5.73 Å². The van der Waals surface area contributed by atoms with Gasteiger partial charge < -0.3 is 15.8 Å². The van der Waals surface area contributed by atoms with Gasteiger partial charge in [0.25, 0.3) is 0 Å². The molecule has 0 aromatic carbocycles. The summed E-state index contributed by atoms with van der Waals surface area (Å²) >= 11 is 0. The number of oxime groups is 1. The zero-order valence-corrected chi connectivity index (χ0v) is 12.5. The fourth-order valence-corrected chi connectivity index (χ4v) is 2.77. The summed E-state index contributed by atoms with van der Waals surface area (Å²) in [5.74, 6) is 0.173. The minimum Gasteiger partial charge on any atom is -0.409 e. The molecular weight excluding hydrogens is 242 g/mol. The number of hydrogen-bond acceptors (Lipinski definition) is 3. The second kappa shape index (κ2) is 6.26. The average Bonchev–Trinajstić information content (AvgIpc) is 2.38. The Morgan fingerprint density at radius 1 is 1.42 bits per heavy atom. The summed E-state index contributed by atoms with van der Waals surface area (Å²) in [6.45, 7) is 10.2. The number of hydrogen-bond donors (Lipinski definition) is 2. The number of amidine groups is 1. The Morgan fingerprint density at radius 3 is 2.32 bits per heavy atom. The molecule has 1 aliphatic heterocycles. The Bertz CT molecular complexity index is 339. The van der Waals surface area contributed by atoms with Crippen molar-refractivity contribution in [3.8, 4) is 0 Å². The maximum absolute atomic E-state index is 12.3. The second-order valence-corrected chi connectivity index (χ2v) is 6.45. The first-order chi connectivity index (χ1) is 8.81. The van der Waals surface area contributed by atoms with E-state index in [1.54, 1.807) is 0 Å². The molecule has 1 saturated heterocycles. The standard InChI is InChI=1S/C14H27N3O2/c1-5-11(12(15)16-19)13(18)17-8-6-10(7-9-17)14(2,3)4/h10-11,19H,5-9H2,1-4H3,(H2,15,16). The summed E-state index contributed by atoms with van der Waals surface area (Å²) < 4.78 is 0. The van der Waals surface area contributed by atoms with E-state index in [0.29, 0.717) is 17.8 Å². The van der Waals surface area contributed by atoms with E-state index in [2.05, 4.69) is 25.9 Å². The maximum Gasteiger partial charge on any atom is 0.233 e. The Hall–Kier alpha value is -1.26. The molecule has 110 valence electrons. The zero-order valence-electron chi connectivity index (χ0n) is 12.5. The number of nitrogens with zero attached hydrogens (tertiary/aromatic N) is 2. The minimum absolute atomic E-state index is 0.00911. The van der Waals surface area contributed by atoms with Gasteiger partial charge in [0.1, 0.15) is 0 Å². The van der Waals surface area contributed by atoms with E-state index in [4.69, 9.17) is 10.9 Å². The third-order valence-electron chi connectivity index (χ3n) is 4.21. The van der Waals surface area contributed by atoms with Crippen LogP contribution in [-0.4, -0.2) is 34.9 Å². The monoisotopic (exact) mass is 269 g/mol. The van der Waals surface area contributed by atoms with Gasteiger partial charge in [-0.15, -0.1) is 0 Å². The molecule has 1 unspecified atom stereocenters. The Morgan fingerprint density at radius 2 is 1.95 bits per heavy atom. The van der Waals surface area contributed by atoms with Gasteiger partial charge in [0, 0.05) is 13.1 Å². The summed E-state index contributed by atoms with van der Waals surface area (Å²) in [4.78, 5) is 14.2. The lowest BCUT2D eigenvalue weighted by Gasteiger charge is -2.39. The van der Waals surface area contributed by atoms with Gasteiger partial charge in [-0.2, -0.15) is 0 Å². The molecule has 0 aromatic heterocycles. The molecule has 0 aromatic rings. The molecule has 3 N–H and O–H groups in total. The van der Waals surface area contributed by atoms with Gasteiger partial charge in [0.2, 0.25) is 5.91 Å². The molecule has 1 aliphatic rings. The van der Waals surface area contributed by atoms with Gasteiger partial charge in [-0.1, -0.05) is 32.9 Å². The normalized spacial score (nSPS) is 20.4. The van der Waals surface area contributed by atoms with Gasteiger partial charge >= 0.3 is 0 Å². The molecule has 19 heavy (non-hydrogen) atoms. The summed E-state index contributed by atoms with van der Waals surface area (Å²) in [6.07, 6.45) is 2.62. The van der Waals surface area contributed by atoms with E-state index in [1.165, 1.54) is 0 Å². The Labute approximate surface area is 115 Å². The Kier molecular flexibility index (Phi) is 5.20. The van der Waals surface area contributed by atoms with Crippen LogP contribution in [0.4, 0.5) is 0 Å².